The SMILES string of the molecule is CCCc1cccc(C2CCC(N)C2)c1. The van der Waals surface area contributed by atoms with Gasteiger partial charge in [0.05, 0.1) is 0 Å². The minimum Gasteiger partial charge on any atom is -0.328 e. The van der Waals surface area contributed by atoms with Gasteiger partial charge in [-0.3, -0.25) is 0 Å². The smallest absolute Gasteiger partial charge is 0.00448 e. The molecule has 2 unspecified atom stereocenters. The molecule has 82 valence electrons. The molecule has 1 aromatic rings. The Bertz CT molecular complexity index is 319. The van der Waals surface area contributed by atoms with Gasteiger partial charge in [-0.15, -0.1) is 0 Å². The Morgan fingerprint density at radius 1 is 1.33 bits per heavy atom. The Morgan fingerprint density at radius 2 is 2.20 bits per heavy atom. The highest BCUT2D eigenvalue weighted by Gasteiger charge is 2.22. The molecule has 1 saturated carbocycles. The number of rotatable bonds is 3. The average Bonchev–Trinajstić information content (AvgIpc) is 2.66. The summed E-state index contributed by atoms with van der Waals surface area (Å²) in [6.07, 6.45) is 6.08. The minimum absolute atomic E-state index is 0.435. The second-order valence-corrected chi connectivity index (χ2v) is 4.77. The highest BCUT2D eigenvalue weighted by molar-refractivity contribution is 5.27. The molecule has 1 aromatic carbocycles. The third kappa shape index (κ3) is 2.60. The fraction of sp³-hybridized carbons (Fsp3) is 0.571. The summed E-state index contributed by atoms with van der Waals surface area (Å²) in [5.74, 6) is 0.719. The Labute approximate surface area is 92.7 Å². The van der Waals surface area contributed by atoms with Crippen LogP contribution in [0.15, 0.2) is 24.3 Å². The van der Waals surface area contributed by atoms with Crippen molar-refractivity contribution in [3.8, 4) is 0 Å². The van der Waals surface area contributed by atoms with Crippen LogP contribution in [0.3, 0.4) is 0 Å². The van der Waals surface area contributed by atoms with Crippen LogP contribution < -0.4 is 5.73 Å². The predicted octanol–water partition coefficient (Wildman–Crippen LogP) is 3.23. The summed E-state index contributed by atoms with van der Waals surface area (Å²) >= 11 is 0. The molecule has 0 spiro atoms. The number of hydrogen-bond acceptors (Lipinski definition) is 1. The van der Waals surface area contributed by atoms with Crippen molar-refractivity contribution in [3.63, 3.8) is 0 Å². The Balaban J connectivity index is 2.10. The van der Waals surface area contributed by atoms with E-state index < -0.39 is 0 Å². The zero-order valence-corrected chi connectivity index (χ0v) is 9.58. The fourth-order valence-corrected chi connectivity index (χ4v) is 2.61. The maximum Gasteiger partial charge on any atom is 0.00448 e. The Morgan fingerprint density at radius 3 is 2.87 bits per heavy atom. The van der Waals surface area contributed by atoms with E-state index in [9.17, 15) is 0 Å². The van der Waals surface area contributed by atoms with Crippen molar-refractivity contribution in [2.75, 3.05) is 0 Å². The molecule has 1 aliphatic rings. The summed E-state index contributed by atoms with van der Waals surface area (Å²) < 4.78 is 0. The van der Waals surface area contributed by atoms with Crippen LogP contribution in [0.4, 0.5) is 0 Å². The quantitative estimate of drug-likeness (QED) is 0.802. The molecule has 0 aliphatic heterocycles. The lowest BCUT2D eigenvalue weighted by Gasteiger charge is -2.11. The van der Waals surface area contributed by atoms with Crippen LogP contribution >= 0.6 is 0 Å². The summed E-state index contributed by atoms with van der Waals surface area (Å²) in [6, 6.07) is 9.52. The molecule has 1 fully saturated rings. The van der Waals surface area contributed by atoms with E-state index in [0.29, 0.717) is 6.04 Å². The molecule has 0 radical (unpaired) electrons. The zero-order valence-electron chi connectivity index (χ0n) is 9.58. The van der Waals surface area contributed by atoms with E-state index in [1.807, 2.05) is 0 Å². The zero-order chi connectivity index (χ0) is 10.7. The van der Waals surface area contributed by atoms with E-state index in [1.54, 1.807) is 0 Å². The van der Waals surface area contributed by atoms with Crippen molar-refractivity contribution in [3.05, 3.63) is 35.4 Å². The van der Waals surface area contributed by atoms with E-state index in [0.717, 1.165) is 5.92 Å². The van der Waals surface area contributed by atoms with Crippen LogP contribution in [0.2, 0.25) is 0 Å². The normalized spacial score (nSPS) is 25.7. The van der Waals surface area contributed by atoms with Gasteiger partial charge >= 0.3 is 0 Å². The number of hydrogen-bond donors (Lipinski definition) is 1. The summed E-state index contributed by atoms with van der Waals surface area (Å²) in [5, 5.41) is 0. The molecule has 2 rings (SSSR count). The highest BCUT2D eigenvalue weighted by atomic mass is 14.6. The second-order valence-electron chi connectivity index (χ2n) is 4.77. The van der Waals surface area contributed by atoms with Crippen LogP contribution in [0.5, 0.6) is 0 Å². The average molecular weight is 203 g/mol. The molecule has 1 nitrogen and oxygen atoms in total. The first-order valence-electron chi connectivity index (χ1n) is 6.14. The van der Waals surface area contributed by atoms with Crippen LogP contribution in [-0.4, -0.2) is 6.04 Å². The summed E-state index contributed by atoms with van der Waals surface area (Å²) in [5.41, 5.74) is 8.95. The standard InChI is InChI=1S/C14H21N/c1-2-4-11-5-3-6-12(9-11)13-7-8-14(15)10-13/h3,5-6,9,13-14H,2,4,7-8,10,15H2,1H3. The molecule has 15 heavy (non-hydrogen) atoms. The maximum atomic E-state index is 5.96. The number of nitrogens with two attached hydrogens (primary N) is 1. The van der Waals surface area contributed by atoms with Crippen LogP contribution in [0.1, 0.15) is 49.7 Å². The Hall–Kier alpha value is -0.820. The fourth-order valence-electron chi connectivity index (χ4n) is 2.61. The number of aryl methyl sites for hydroxylation is 1. The van der Waals surface area contributed by atoms with E-state index in [2.05, 4.69) is 31.2 Å². The van der Waals surface area contributed by atoms with Gasteiger partial charge in [0.25, 0.3) is 0 Å². The first-order chi connectivity index (χ1) is 7.29. The van der Waals surface area contributed by atoms with Gasteiger partial charge in [-0.25, -0.2) is 0 Å². The molecule has 1 aliphatic carbocycles. The lowest BCUT2D eigenvalue weighted by molar-refractivity contribution is 0.674. The maximum absolute atomic E-state index is 5.96. The second kappa shape index (κ2) is 4.80. The van der Waals surface area contributed by atoms with Crippen LogP contribution in [0, 0.1) is 0 Å². The molecule has 0 saturated heterocycles. The van der Waals surface area contributed by atoms with Crippen molar-refractivity contribution in [2.45, 2.75) is 51.0 Å². The van der Waals surface area contributed by atoms with E-state index in [1.165, 1.54) is 43.2 Å². The van der Waals surface area contributed by atoms with E-state index >= 15 is 0 Å². The van der Waals surface area contributed by atoms with E-state index in [4.69, 9.17) is 5.73 Å². The van der Waals surface area contributed by atoms with Gasteiger partial charge in [-0.05, 0) is 42.7 Å². The van der Waals surface area contributed by atoms with Gasteiger partial charge in [-0.2, -0.15) is 0 Å². The summed E-state index contributed by atoms with van der Waals surface area (Å²) in [4.78, 5) is 0. The van der Waals surface area contributed by atoms with Gasteiger partial charge in [0, 0.05) is 6.04 Å². The van der Waals surface area contributed by atoms with Crippen molar-refractivity contribution >= 4 is 0 Å². The summed E-state index contributed by atoms with van der Waals surface area (Å²) in [7, 11) is 0. The summed E-state index contributed by atoms with van der Waals surface area (Å²) in [6.45, 7) is 2.23. The molecule has 2 N–H and O–H groups in total. The molecule has 0 aromatic heterocycles. The van der Waals surface area contributed by atoms with Gasteiger partial charge in [0.15, 0.2) is 0 Å². The van der Waals surface area contributed by atoms with Crippen molar-refractivity contribution in [1.82, 2.24) is 0 Å². The van der Waals surface area contributed by atoms with Gasteiger partial charge < -0.3 is 5.73 Å². The van der Waals surface area contributed by atoms with Gasteiger partial charge in [0.2, 0.25) is 0 Å². The van der Waals surface area contributed by atoms with Crippen molar-refractivity contribution < 1.29 is 0 Å². The predicted molar refractivity (Wildman–Crippen MR) is 65.0 cm³/mol. The van der Waals surface area contributed by atoms with Gasteiger partial charge in [-0.1, -0.05) is 37.6 Å². The topological polar surface area (TPSA) is 26.0 Å². The molecule has 0 bridgehead atoms. The highest BCUT2D eigenvalue weighted by Crippen LogP contribution is 2.33. The van der Waals surface area contributed by atoms with Crippen molar-refractivity contribution in [1.29, 1.82) is 0 Å². The van der Waals surface area contributed by atoms with E-state index in [-0.39, 0.29) is 0 Å². The lowest BCUT2D eigenvalue weighted by atomic mass is 9.95. The third-order valence-electron chi connectivity index (χ3n) is 3.43. The lowest BCUT2D eigenvalue weighted by Crippen LogP contribution is -2.14. The molecule has 0 heterocycles. The molecule has 2 atom stereocenters. The van der Waals surface area contributed by atoms with Gasteiger partial charge in [0.1, 0.15) is 0 Å². The van der Waals surface area contributed by atoms with Crippen molar-refractivity contribution in [2.24, 2.45) is 5.73 Å². The largest absolute Gasteiger partial charge is 0.328 e. The first-order valence-corrected chi connectivity index (χ1v) is 6.14. The molecule has 0 amide bonds. The first kappa shape index (κ1) is 10.7. The minimum atomic E-state index is 0.435. The third-order valence-corrected chi connectivity index (χ3v) is 3.43. The number of benzene rings is 1. The van der Waals surface area contributed by atoms with Crippen LogP contribution in [0.25, 0.3) is 0 Å². The Kier molecular flexibility index (Phi) is 3.42. The molecule has 1 heteroatoms. The van der Waals surface area contributed by atoms with Crippen LogP contribution in [-0.2, 0) is 6.42 Å². The molecular formula is C14H21N. The molecular weight excluding hydrogens is 182 g/mol. The monoisotopic (exact) mass is 203 g/mol.